The van der Waals surface area contributed by atoms with Gasteiger partial charge in [-0.1, -0.05) is 18.2 Å². The fraction of sp³-hybridized carbons (Fsp3) is 0.357. The lowest BCUT2D eigenvalue weighted by Gasteiger charge is -2.36. The Morgan fingerprint density at radius 2 is 2.05 bits per heavy atom. The number of para-hydroxylation sites is 1. The fourth-order valence-electron chi connectivity index (χ4n) is 2.96. The van der Waals surface area contributed by atoms with E-state index in [1.54, 1.807) is 18.2 Å². The van der Waals surface area contributed by atoms with Crippen molar-refractivity contribution in [2.75, 3.05) is 11.4 Å². The van der Waals surface area contributed by atoms with Gasteiger partial charge in [-0.2, -0.15) is 0 Å². The van der Waals surface area contributed by atoms with E-state index in [4.69, 9.17) is 0 Å². The highest BCUT2D eigenvalue weighted by Crippen LogP contribution is 2.37. The predicted molar refractivity (Wildman–Crippen MR) is 70.3 cm³/mol. The van der Waals surface area contributed by atoms with Gasteiger partial charge in [0.25, 0.3) is 0 Å². The zero-order valence-corrected chi connectivity index (χ0v) is 10.7. The Labute approximate surface area is 115 Å². The average molecular weight is 274 g/mol. The van der Waals surface area contributed by atoms with E-state index >= 15 is 0 Å². The summed E-state index contributed by atoms with van der Waals surface area (Å²) in [5.41, 5.74) is 1.44. The van der Waals surface area contributed by atoms with E-state index in [-0.39, 0.29) is 18.2 Å². The lowest BCUT2D eigenvalue weighted by Crippen LogP contribution is -2.44. The topological polar surface area (TPSA) is 86.7 Å². The van der Waals surface area contributed by atoms with Crippen LogP contribution in [-0.2, 0) is 14.4 Å². The van der Waals surface area contributed by atoms with E-state index in [2.05, 4.69) is 5.32 Å². The van der Waals surface area contributed by atoms with Crippen molar-refractivity contribution >= 4 is 23.5 Å². The van der Waals surface area contributed by atoms with Gasteiger partial charge in [0.1, 0.15) is 6.04 Å². The second-order valence-corrected chi connectivity index (χ2v) is 5.06. The first-order chi connectivity index (χ1) is 9.58. The third kappa shape index (κ3) is 1.93. The number of imide groups is 1. The first-order valence-corrected chi connectivity index (χ1v) is 6.50. The third-order valence-electron chi connectivity index (χ3n) is 3.90. The zero-order chi connectivity index (χ0) is 14.3. The number of carboxylic acids is 1. The SMILES string of the molecule is O=C1CC(N2CCC(C(=O)O)c3ccccc32)C(=O)N1. The molecule has 2 amide bonds. The first kappa shape index (κ1) is 12.7. The van der Waals surface area contributed by atoms with E-state index in [1.165, 1.54) is 0 Å². The van der Waals surface area contributed by atoms with Crippen molar-refractivity contribution in [1.29, 1.82) is 0 Å². The molecular formula is C14H14N2O4. The minimum absolute atomic E-state index is 0.130. The molecule has 0 aromatic heterocycles. The number of anilines is 1. The number of hydrogen-bond donors (Lipinski definition) is 2. The van der Waals surface area contributed by atoms with Crippen LogP contribution >= 0.6 is 0 Å². The van der Waals surface area contributed by atoms with Crippen molar-refractivity contribution in [2.24, 2.45) is 0 Å². The Kier molecular flexibility index (Phi) is 2.93. The molecule has 1 aromatic rings. The highest BCUT2D eigenvalue weighted by Gasteiger charge is 2.39. The van der Waals surface area contributed by atoms with Crippen molar-refractivity contribution in [1.82, 2.24) is 5.32 Å². The number of carboxylic acid groups (broad SMARTS) is 1. The van der Waals surface area contributed by atoms with Crippen LogP contribution in [0.3, 0.4) is 0 Å². The number of hydrogen-bond acceptors (Lipinski definition) is 4. The van der Waals surface area contributed by atoms with Gasteiger partial charge in [0, 0.05) is 12.2 Å². The van der Waals surface area contributed by atoms with Crippen LogP contribution in [0.15, 0.2) is 24.3 Å². The van der Waals surface area contributed by atoms with E-state index in [9.17, 15) is 19.5 Å². The Balaban J connectivity index is 1.99. The van der Waals surface area contributed by atoms with Gasteiger partial charge in [-0.25, -0.2) is 0 Å². The number of aliphatic carboxylic acids is 1. The van der Waals surface area contributed by atoms with Gasteiger partial charge < -0.3 is 10.0 Å². The highest BCUT2D eigenvalue weighted by atomic mass is 16.4. The molecule has 2 aliphatic heterocycles. The number of fused-ring (bicyclic) bond motifs is 1. The van der Waals surface area contributed by atoms with Crippen LogP contribution in [0.2, 0.25) is 0 Å². The summed E-state index contributed by atoms with van der Waals surface area (Å²) < 4.78 is 0. The normalized spacial score (nSPS) is 25.3. The number of rotatable bonds is 2. The number of nitrogens with zero attached hydrogens (tertiary/aromatic N) is 1. The molecule has 0 radical (unpaired) electrons. The molecule has 20 heavy (non-hydrogen) atoms. The summed E-state index contributed by atoms with van der Waals surface area (Å²) in [6.07, 6.45) is 0.565. The second-order valence-electron chi connectivity index (χ2n) is 5.06. The van der Waals surface area contributed by atoms with E-state index in [0.717, 1.165) is 5.69 Å². The molecule has 2 N–H and O–H groups in total. The fourth-order valence-corrected chi connectivity index (χ4v) is 2.96. The molecule has 6 nitrogen and oxygen atoms in total. The number of amides is 2. The van der Waals surface area contributed by atoms with Gasteiger partial charge in [-0.05, 0) is 18.1 Å². The summed E-state index contributed by atoms with van der Waals surface area (Å²) in [5.74, 6) is -2.00. The van der Waals surface area contributed by atoms with Gasteiger partial charge in [-0.15, -0.1) is 0 Å². The number of carbonyl (C=O) groups excluding carboxylic acids is 2. The summed E-state index contributed by atoms with van der Waals surface area (Å²) in [7, 11) is 0. The van der Waals surface area contributed by atoms with Crippen molar-refractivity contribution in [3.05, 3.63) is 29.8 Å². The molecule has 1 aromatic carbocycles. The van der Waals surface area contributed by atoms with Crippen LogP contribution in [0, 0.1) is 0 Å². The van der Waals surface area contributed by atoms with Crippen LogP contribution in [0.1, 0.15) is 24.3 Å². The van der Waals surface area contributed by atoms with E-state index in [1.807, 2.05) is 11.0 Å². The number of carbonyl (C=O) groups is 3. The zero-order valence-electron chi connectivity index (χ0n) is 10.7. The van der Waals surface area contributed by atoms with Crippen molar-refractivity contribution in [3.8, 4) is 0 Å². The molecule has 2 heterocycles. The third-order valence-corrected chi connectivity index (χ3v) is 3.90. The van der Waals surface area contributed by atoms with Crippen LogP contribution in [0.4, 0.5) is 5.69 Å². The van der Waals surface area contributed by atoms with E-state index in [0.29, 0.717) is 18.5 Å². The Hall–Kier alpha value is -2.37. The molecule has 0 aliphatic carbocycles. The molecular weight excluding hydrogens is 260 g/mol. The quantitative estimate of drug-likeness (QED) is 0.766. The maximum atomic E-state index is 11.8. The van der Waals surface area contributed by atoms with Crippen LogP contribution in [0.5, 0.6) is 0 Å². The lowest BCUT2D eigenvalue weighted by molar-refractivity contribution is -0.139. The summed E-state index contributed by atoms with van der Waals surface area (Å²) >= 11 is 0. The van der Waals surface area contributed by atoms with Gasteiger partial charge >= 0.3 is 5.97 Å². The van der Waals surface area contributed by atoms with Crippen molar-refractivity contribution < 1.29 is 19.5 Å². The van der Waals surface area contributed by atoms with Gasteiger partial charge in [0.2, 0.25) is 11.8 Å². The van der Waals surface area contributed by atoms with Crippen LogP contribution < -0.4 is 10.2 Å². The van der Waals surface area contributed by atoms with E-state index < -0.39 is 17.9 Å². The van der Waals surface area contributed by atoms with Gasteiger partial charge in [0.05, 0.1) is 12.3 Å². The summed E-state index contributed by atoms with van der Waals surface area (Å²) in [6, 6.07) is 6.65. The molecule has 6 heteroatoms. The molecule has 2 unspecified atom stereocenters. The molecule has 1 fully saturated rings. The van der Waals surface area contributed by atoms with Crippen molar-refractivity contribution in [3.63, 3.8) is 0 Å². The predicted octanol–water partition coefficient (Wildman–Crippen LogP) is 0.480. The molecule has 0 bridgehead atoms. The lowest BCUT2D eigenvalue weighted by atomic mass is 9.89. The molecule has 3 rings (SSSR count). The minimum Gasteiger partial charge on any atom is -0.481 e. The highest BCUT2D eigenvalue weighted by molar-refractivity contribution is 6.07. The largest absolute Gasteiger partial charge is 0.481 e. The number of benzene rings is 1. The van der Waals surface area contributed by atoms with Crippen LogP contribution in [-0.4, -0.2) is 35.5 Å². The van der Waals surface area contributed by atoms with Crippen LogP contribution in [0.25, 0.3) is 0 Å². The first-order valence-electron chi connectivity index (χ1n) is 6.50. The molecule has 0 spiro atoms. The maximum Gasteiger partial charge on any atom is 0.311 e. The summed E-state index contributed by atoms with van der Waals surface area (Å²) in [6.45, 7) is 0.458. The Morgan fingerprint density at radius 3 is 2.70 bits per heavy atom. The molecule has 2 aliphatic rings. The number of nitrogens with one attached hydrogen (secondary N) is 1. The maximum absolute atomic E-state index is 11.8. The monoisotopic (exact) mass is 274 g/mol. The standard InChI is InChI=1S/C14H14N2O4/c17-12-7-11(13(18)15-12)16-6-5-9(14(19)20)8-3-1-2-4-10(8)16/h1-4,9,11H,5-7H2,(H,19,20)(H,15,17,18). The molecule has 2 atom stereocenters. The van der Waals surface area contributed by atoms with Crippen molar-refractivity contribution in [2.45, 2.75) is 24.8 Å². The molecule has 104 valence electrons. The Bertz CT molecular complexity index is 599. The minimum atomic E-state index is -0.857. The molecule has 1 saturated heterocycles. The second kappa shape index (κ2) is 4.63. The van der Waals surface area contributed by atoms with Gasteiger partial charge in [-0.3, -0.25) is 19.7 Å². The van der Waals surface area contributed by atoms with Gasteiger partial charge in [0.15, 0.2) is 0 Å². The smallest absolute Gasteiger partial charge is 0.311 e. The Morgan fingerprint density at radius 1 is 1.30 bits per heavy atom. The summed E-state index contributed by atoms with van der Waals surface area (Å²) in [4.78, 5) is 36.3. The average Bonchev–Trinajstić information content (AvgIpc) is 2.76. The molecule has 0 saturated carbocycles. The summed E-state index contributed by atoms with van der Waals surface area (Å²) in [5, 5.41) is 11.6.